The summed E-state index contributed by atoms with van der Waals surface area (Å²) >= 11 is 11.9. The Morgan fingerprint density at radius 2 is 2.13 bits per heavy atom. The normalized spacial score (nSPS) is 18.2. The standard InChI is InChI=1S/C23H22ClN3O3S/c1-14-6-7-15(13-16(14)24)18-8-9-19(30-18)22-21(17-5-3-4-11-25-17)26-23(31)27(22)12-10-20(28)29-2/h3-9,11,13,21-22H,10,12H2,1-2H3,(H,26,31)/t21-,22+/m1/s1. The molecule has 0 spiro atoms. The Balaban J connectivity index is 1.69. The Kier molecular flexibility index (Phi) is 6.25. The Morgan fingerprint density at radius 1 is 1.29 bits per heavy atom. The molecule has 2 atom stereocenters. The van der Waals surface area contributed by atoms with Crippen LogP contribution in [0.3, 0.4) is 0 Å². The van der Waals surface area contributed by atoms with Gasteiger partial charge in [-0.05, 0) is 55.0 Å². The van der Waals surface area contributed by atoms with Gasteiger partial charge in [-0.25, -0.2) is 0 Å². The topological polar surface area (TPSA) is 67.6 Å². The highest BCUT2D eigenvalue weighted by molar-refractivity contribution is 7.80. The number of nitrogens with one attached hydrogen (secondary N) is 1. The molecule has 8 heteroatoms. The fourth-order valence-electron chi connectivity index (χ4n) is 3.68. The van der Waals surface area contributed by atoms with Crippen LogP contribution < -0.4 is 5.32 Å². The summed E-state index contributed by atoms with van der Waals surface area (Å²) in [7, 11) is 1.38. The van der Waals surface area contributed by atoms with E-state index in [-0.39, 0.29) is 24.5 Å². The first-order valence-corrected chi connectivity index (χ1v) is 10.7. The maximum Gasteiger partial charge on any atom is 0.307 e. The third kappa shape index (κ3) is 4.43. The van der Waals surface area contributed by atoms with Crippen LogP contribution in [0.4, 0.5) is 0 Å². The zero-order valence-corrected chi connectivity index (χ0v) is 18.7. The van der Waals surface area contributed by atoms with E-state index in [0.29, 0.717) is 22.4 Å². The number of thiocarbonyl (C=S) groups is 1. The number of ether oxygens (including phenoxy) is 1. The smallest absolute Gasteiger partial charge is 0.307 e. The lowest BCUT2D eigenvalue weighted by molar-refractivity contribution is -0.140. The molecule has 0 radical (unpaired) electrons. The second-order valence-corrected chi connectivity index (χ2v) is 8.11. The van der Waals surface area contributed by atoms with Gasteiger partial charge in [-0.2, -0.15) is 0 Å². The van der Waals surface area contributed by atoms with Crippen molar-refractivity contribution in [2.75, 3.05) is 13.7 Å². The van der Waals surface area contributed by atoms with Crippen LogP contribution in [0.25, 0.3) is 11.3 Å². The molecule has 1 aromatic carbocycles. The van der Waals surface area contributed by atoms with Gasteiger partial charge in [-0.15, -0.1) is 0 Å². The zero-order valence-electron chi connectivity index (χ0n) is 17.2. The summed E-state index contributed by atoms with van der Waals surface area (Å²) in [5.41, 5.74) is 2.74. The number of carbonyl (C=O) groups excluding carboxylic acids is 1. The van der Waals surface area contributed by atoms with E-state index in [4.69, 9.17) is 33.0 Å². The maximum atomic E-state index is 11.8. The number of aromatic nitrogens is 1. The number of rotatable bonds is 6. The minimum atomic E-state index is -0.294. The SMILES string of the molecule is COC(=O)CCN1C(=S)N[C@H](c2ccccn2)[C@@H]1c1ccc(-c2ccc(C)c(Cl)c2)o1. The number of pyridine rings is 1. The Bertz CT molecular complexity index is 1100. The van der Waals surface area contributed by atoms with Gasteiger partial charge < -0.3 is 19.4 Å². The van der Waals surface area contributed by atoms with E-state index in [9.17, 15) is 4.79 Å². The van der Waals surface area contributed by atoms with E-state index in [1.807, 2.05) is 60.4 Å². The predicted molar refractivity (Wildman–Crippen MR) is 123 cm³/mol. The average molecular weight is 456 g/mol. The van der Waals surface area contributed by atoms with Crippen LogP contribution in [0.5, 0.6) is 0 Å². The molecule has 1 N–H and O–H groups in total. The van der Waals surface area contributed by atoms with Gasteiger partial charge in [0.2, 0.25) is 0 Å². The molecular weight excluding hydrogens is 434 g/mol. The molecule has 31 heavy (non-hydrogen) atoms. The summed E-state index contributed by atoms with van der Waals surface area (Å²) in [6.07, 6.45) is 1.96. The number of aryl methyl sites for hydroxylation is 1. The van der Waals surface area contributed by atoms with Gasteiger partial charge in [0.15, 0.2) is 5.11 Å². The fourth-order valence-corrected chi connectivity index (χ4v) is 4.19. The predicted octanol–water partition coefficient (Wildman–Crippen LogP) is 4.84. The Hall–Kier alpha value is -2.90. The van der Waals surface area contributed by atoms with Crippen molar-refractivity contribution in [3.63, 3.8) is 0 Å². The number of methoxy groups -OCH3 is 1. The van der Waals surface area contributed by atoms with E-state index < -0.39 is 0 Å². The average Bonchev–Trinajstić information content (AvgIpc) is 3.39. The Labute approximate surface area is 191 Å². The molecule has 0 unspecified atom stereocenters. The molecular formula is C23H22ClN3O3S. The number of hydrogen-bond donors (Lipinski definition) is 1. The number of furan rings is 1. The van der Waals surface area contributed by atoms with Crippen LogP contribution in [0.1, 0.15) is 35.5 Å². The number of esters is 1. The van der Waals surface area contributed by atoms with Crippen molar-refractivity contribution in [2.45, 2.75) is 25.4 Å². The van der Waals surface area contributed by atoms with E-state index >= 15 is 0 Å². The molecule has 0 saturated carbocycles. The van der Waals surface area contributed by atoms with Crippen LogP contribution in [0.15, 0.2) is 59.1 Å². The van der Waals surface area contributed by atoms with Crippen LogP contribution >= 0.6 is 23.8 Å². The maximum absolute atomic E-state index is 11.8. The molecule has 0 bridgehead atoms. The molecule has 1 aliphatic heterocycles. The lowest BCUT2D eigenvalue weighted by Gasteiger charge is -2.25. The fraction of sp³-hybridized carbons (Fsp3) is 0.261. The van der Waals surface area contributed by atoms with E-state index in [2.05, 4.69) is 10.3 Å². The number of benzene rings is 1. The van der Waals surface area contributed by atoms with Crippen LogP contribution in [-0.2, 0) is 9.53 Å². The number of halogens is 1. The summed E-state index contributed by atoms with van der Waals surface area (Å²) in [6.45, 7) is 2.36. The number of carbonyl (C=O) groups is 1. The molecule has 3 heterocycles. The Morgan fingerprint density at radius 3 is 2.84 bits per heavy atom. The molecule has 0 aliphatic carbocycles. The molecule has 4 rings (SSSR count). The van der Waals surface area contributed by atoms with Crippen LogP contribution in [0, 0.1) is 6.92 Å². The van der Waals surface area contributed by atoms with Crippen molar-refractivity contribution in [2.24, 2.45) is 0 Å². The van der Waals surface area contributed by atoms with Gasteiger partial charge >= 0.3 is 5.97 Å². The lowest BCUT2D eigenvalue weighted by atomic mass is 10.0. The van der Waals surface area contributed by atoms with E-state index in [0.717, 1.165) is 22.6 Å². The molecule has 1 fully saturated rings. The molecule has 160 valence electrons. The van der Waals surface area contributed by atoms with E-state index in [1.165, 1.54) is 7.11 Å². The summed E-state index contributed by atoms with van der Waals surface area (Å²) in [4.78, 5) is 18.2. The van der Waals surface area contributed by atoms with Gasteiger partial charge in [0.1, 0.15) is 17.6 Å². The van der Waals surface area contributed by atoms with Crippen molar-refractivity contribution in [3.8, 4) is 11.3 Å². The van der Waals surface area contributed by atoms with Crippen molar-refractivity contribution >= 4 is 34.9 Å². The second-order valence-electron chi connectivity index (χ2n) is 7.31. The highest BCUT2D eigenvalue weighted by Crippen LogP contribution is 2.40. The molecule has 6 nitrogen and oxygen atoms in total. The van der Waals surface area contributed by atoms with Crippen LogP contribution in [-0.4, -0.2) is 34.6 Å². The van der Waals surface area contributed by atoms with Crippen molar-refractivity contribution in [3.05, 3.63) is 76.8 Å². The largest absolute Gasteiger partial charge is 0.469 e. The minimum absolute atomic E-state index is 0.213. The van der Waals surface area contributed by atoms with Gasteiger partial charge in [0.05, 0.1) is 25.3 Å². The molecule has 1 aliphatic rings. The third-order valence-electron chi connectivity index (χ3n) is 5.36. The summed E-state index contributed by atoms with van der Waals surface area (Å²) in [5.74, 6) is 1.14. The van der Waals surface area contributed by atoms with Gasteiger partial charge in [0, 0.05) is 23.3 Å². The number of hydrogen-bond acceptors (Lipinski definition) is 5. The highest BCUT2D eigenvalue weighted by Gasteiger charge is 2.41. The first-order chi connectivity index (χ1) is 15.0. The van der Waals surface area contributed by atoms with Crippen molar-refractivity contribution < 1.29 is 13.9 Å². The second kappa shape index (κ2) is 9.08. The van der Waals surface area contributed by atoms with Gasteiger partial charge in [-0.3, -0.25) is 9.78 Å². The van der Waals surface area contributed by atoms with E-state index in [1.54, 1.807) is 6.20 Å². The van der Waals surface area contributed by atoms with Crippen molar-refractivity contribution in [1.29, 1.82) is 0 Å². The highest BCUT2D eigenvalue weighted by atomic mass is 35.5. The molecule has 3 aromatic rings. The first-order valence-electron chi connectivity index (χ1n) is 9.89. The minimum Gasteiger partial charge on any atom is -0.469 e. The summed E-state index contributed by atoms with van der Waals surface area (Å²) in [6, 6.07) is 15.0. The number of nitrogens with zero attached hydrogens (tertiary/aromatic N) is 2. The van der Waals surface area contributed by atoms with Gasteiger partial charge in [0.25, 0.3) is 0 Å². The lowest BCUT2D eigenvalue weighted by Crippen LogP contribution is -2.31. The summed E-state index contributed by atoms with van der Waals surface area (Å²) < 4.78 is 11.1. The third-order valence-corrected chi connectivity index (χ3v) is 6.12. The zero-order chi connectivity index (χ0) is 22.0. The first kappa shape index (κ1) is 21.3. The molecule has 1 saturated heterocycles. The van der Waals surface area contributed by atoms with Crippen molar-refractivity contribution in [1.82, 2.24) is 15.2 Å². The molecule has 2 aromatic heterocycles. The van der Waals surface area contributed by atoms with Crippen LogP contribution in [0.2, 0.25) is 5.02 Å². The monoisotopic (exact) mass is 455 g/mol. The summed E-state index contributed by atoms with van der Waals surface area (Å²) in [5, 5.41) is 4.57. The molecule has 0 amide bonds. The van der Waals surface area contributed by atoms with Gasteiger partial charge in [-0.1, -0.05) is 29.8 Å². The quantitative estimate of drug-likeness (QED) is 0.421.